The van der Waals surface area contributed by atoms with Gasteiger partial charge in [0.1, 0.15) is 5.82 Å². The maximum atomic E-state index is 13.9. The summed E-state index contributed by atoms with van der Waals surface area (Å²) in [6, 6.07) is 9.26. The minimum absolute atomic E-state index is 0.0243. The number of amides is 2. The van der Waals surface area contributed by atoms with E-state index >= 15 is 0 Å². The van der Waals surface area contributed by atoms with Crippen LogP contribution in [0, 0.1) is 5.95 Å². The molecule has 0 unspecified atom stereocenters. The first-order valence-corrected chi connectivity index (χ1v) is 11.6. The number of nitrogens with zero attached hydrogens (tertiary/aromatic N) is 4. The Labute approximate surface area is 215 Å². The van der Waals surface area contributed by atoms with Crippen LogP contribution in [-0.2, 0) is 4.79 Å². The molecule has 0 atom stereocenters. The first-order chi connectivity index (χ1) is 18.1. The Morgan fingerprint density at radius 1 is 1.03 bits per heavy atom. The third-order valence-electron chi connectivity index (χ3n) is 5.78. The lowest BCUT2D eigenvalue weighted by Crippen LogP contribution is -2.47. The molecule has 1 fully saturated rings. The van der Waals surface area contributed by atoms with Gasteiger partial charge in [0.05, 0.1) is 12.2 Å². The molecular weight excluding hydrogens is 508 g/mol. The number of piperazine rings is 1. The van der Waals surface area contributed by atoms with Gasteiger partial charge < -0.3 is 20.3 Å². The molecule has 200 valence electrons. The first kappa shape index (κ1) is 26.9. The van der Waals surface area contributed by atoms with E-state index in [0.29, 0.717) is 18.7 Å². The standard InChI is InChI=1S/C25H24F4N6O3/c1-34-9-11-35(12-10-34)15-22(36)32-19-13-16(4-6-20(19)38-25(27,28)29)24(37)33-21-7-5-17(14-31-21)18-3-2-8-30-23(18)26/h2-8,13-14H,9-12,15H2,1H3,(H,32,36)(H,31,33,37). The minimum Gasteiger partial charge on any atom is -0.404 e. The molecule has 1 aliphatic heterocycles. The number of likely N-dealkylation sites (N-methyl/N-ethyl adjacent to an activating group) is 1. The molecule has 1 aliphatic rings. The molecule has 0 radical (unpaired) electrons. The normalized spacial score (nSPS) is 14.7. The van der Waals surface area contributed by atoms with Crippen molar-refractivity contribution < 1.29 is 31.9 Å². The van der Waals surface area contributed by atoms with Crippen molar-refractivity contribution in [1.82, 2.24) is 19.8 Å². The predicted molar refractivity (Wildman–Crippen MR) is 131 cm³/mol. The van der Waals surface area contributed by atoms with Gasteiger partial charge in [-0.25, -0.2) is 9.97 Å². The molecule has 3 aromatic rings. The molecule has 13 heteroatoms. The van der Waals surface area contributed by atoms with E-state index in [1.807, 2.05) is 11.9 Å². The second-order valence-corrected chi connectivity index (χ2v) is 8.61. The zero-order valence-electron chi connectivity index (χ0n) is 20.3. The van der Waals surface area contributed by atoms with Crippen LogP contribution in [0.25, 0.3) is 11.1 Å². The Morgan fingerprint density at radius 3 is 2.45 bits per heavy atom. The largest absolute Gasteiger partial charge is 0.573 e. The maximum absolute atomic E-state index is 13.9. The van der Waals surface area contributed by atoms with Gasteiger partial charge in [-0.2, -0.15) is 4.39 Å². The lowest BCUT2D eigenvalue weighted by atomic mass is 10.1. The van der Waals surface area contributed by atoms with Crippen molar-refractivity contribution in [2.24, 2.45) is 0 Å². The monoisotopic (exact) mass is 532 g/mol. The topological polar surface area (TPSA) is 99.7 Å². The van der Waals surface area contributed by atoms with Crippen molar-refractivity contribution in [3.05, 3.63) is 66.4 Å². The summed E-state index contributed by atoms with van der Waals surface area (Å²) in [6.45, 7) is 2.77. The molecule has 9 nitrogen and oxygen atoms in total. The molecule has 2 aromatic heterocycles. The Balaban J connectivity index is 1.48. The molecule has 2 amide bonds. The Bertz CT molecular complexity index is 1300. The molecule has 2 N–H and O–H groups in total. The van der Waals surface area contributed by atoms with Gasteiger partial charge >= 0.3 is 6.36 Å². The molecule has 0 aliphatic carbocycles. The molecule has 0 saturated carbocycles. The number of carbonyl (C=O) groups excluding carboxylic acids is 2. The number of halogens is 4. The Morgan fingerprint density at radius 2 is 1.79 bits per heavy atom. The van der Waals surface area contributed by atoms with Crippen LogP contribution >= 0.6 is 0 Å². The quantitative estimate of drug-likeness (QED) is 0.354. The number of pyridine rings is 2. The molecule has 4 rings (SSSR count). The number of carbonyl (C=O) groups is 2. The van der Waals surface area contributed by atoms with Gasteiger partial charge in [0.2, 0.25) is 11.9 Å². The van der Waals surface area contributed by atoms with Crippen LogP contribution in [-0.4, -0.2) is 77.7 Å². The van der Waals surface area contributed by atoms with Crippen molar-refractivity contribution in [3.8, 4) is 16.9 Å². The Hall–Kier alpha value is -4.10. The van der Waals surface area contributed by atoms with E-state index in [1.165, 1.54) is 30.6 Å². The summed E-state index contributed by atoms with van der Waals surface area (Å²) in [5.41, 5.74) is 0.325. The number of ether oxygens (including phenoxy) is 1. The SMILES string of the molecule is CN1CCN(CC(=O)Nc2cc(C(=O)Nc3ccc(-c4cccnc4F)cn3)ccc2OC(F)(F)F)CC1. The smallest absolute Gasteiger partial charge is 0.404 e. The summed E-state index contributed by atoms with van der Waals surface area (Å²) in [6.07, 6.45) is -2.34. The summed E-state index contributed by atoms with van der Waals surface area (Å²) in [7, 11) is 1.96. The minimum atomic E-state index is -5.00. The van der Waals surface area contributed by atoms with Crippen LogP contribution < -0.4 is 15.4 Å². The van der Waals surface area contributed by atoms with Crippen LogP contribution in [0.1, 0.15) is 10.4 Å². The summed E-state index contributed by atoms with van der Waals surface area (Å²) >= 11 is 0. The van der Waals surface area contributed by atoms with Crippen molar-refractivity contribution in [3.63, 3.8) is 0 Å². The second kappa shape index (κ2) is 11.5. The van der Waals surface area contributed by atoms with Gasteiger partial charge in [-0.3, -0.25) is 14.5 Å². The zero-order valence-corrected chi connectivity index (χ0v) is 20.3. The van der Waals surface area contributed by atoms with Crippen LogP contribution in [0.5, 0.6) is 5.75 Å². The van der Waals surface area contributed by atoms with E-state index < -0.39 is 29.9 Å². The number of hydrogen-bond acceptors (Lipinski definition) is 7. The van der Waals surface area contributed by atoms with Crippen molar-refractivity contribution in [2.75, 3.05) is 50.4 Å². The van der Waals surface area contributed by atoms with Crippen LogP contribution in [0.3, 0.4) is 0 Å². The molecule has 1 saturated heterocycles. The van der Waals surface area contributed by atoms with Crippen molar-refractivity contribution in [2.45, 2.75) is 6.36 Å². The summed E-state index contributed by atoms with van der Waals surface area (Å²) in [4.78, 5) is 37.0. The van der Waals surface area contributed by atoms with E-state index in [9.17, 15) is 27.2 Å². The van der Waals surface area contributed by atoms with Crippen molar-refractivity contribution in [1.29, 1.82) is 0 Å². The highest BCUT2D eigenvalue weighted by Gasteiger charge is 2.32. The summed E-state index contributed by atoms with van der Waals surface area (Å²) in [5.74, 6) is -2.43. The van der Waals surface area contributed by atoms with Gasteiger partial charge in [-0.05, 0) is 49.5 Å². The fourth-order valence-corrected chi connectivity index (χ4v) is 3.80. The molecule has 0 spiro atoms. The summed E-state index contributed by atoms with van der Waals surface area (Å²) in [5, 5.41) is 4.95. The van der Waals surface area contributed by atoms with Crippen LogP contribution in [0.15, 0.2) is 54.9 Å². The van der Waals surface area contributed by atoms with Gasteiger partial charge in [-0.1, -0.05) is 0 Å². The summed E-state index contributed by atoms with van der Waals surface area (Å²) < 4.78 is 56.7. The van der Waals surface area contributed by atoms with E-state index in [1.54, 1.807) is 6.07 Å². The highest BCUT2D eigenvalue weighted by Crippen LogP contribution is 2.31. The number of rotatable bonds is 7. The van der Waals surface area contributed by atoms with Crippen molar-refractivity contribution >= 4 is 23.3 Å². The lowest BCUT2D eigenvalue weighted by Gasteiger charge is -2.31. The molecule has 3 heterocycles. The zero-order chi connectivity index (χ0) is 27.3. The molecular formula is C25H24F4N6O3. The third kappa shape index (κ3) is 7.23. The van der Waals surface area contributed by atoms with E-state index in [-0.39, 0.29) is 29.2 Å². The van der Waals surface area contributed by atoms with Gasteiger partial charge in [0.25, 0.3) is 5.91 Å². The van der Waals surface area contributed by atoms with Gasteiger partial charge in [-0.15, -0.1) is 13.2 Å². The average molecular weight is 532 g/mol. The number of nitrogens with one attached hydrogen (secondary N) is 2. The van der Waals surface area contributed by atoms with Gasteiger partial charge in [0.15, 0.2) is 5.75 Å². The molecule has 38 heavy (non-hydrogen) atoms. The molecule has 1 aromatic carbocycles. The number of aromatic nitrogens is 2. The molecule has 0 bridgehead atoms. The maximum Gasteiger partial charge on any atom is 0.573 e. The van der Waals surface area contributed by atoms with Crippen LogP contribution in [0.2, 0.25) is 0 Å². The van der Waals surface area contributed by atoms with E-state index in [4.69, 9.17) is 0 Å². The third-order valence-corrected chi connectivity index (χ3v) is 5.78. The fraction of sp³-hybridized carbons (Fsp3) is 0.280. The number of anilines is 2. The predicted octanol–water partition coefficient (Wildman–Crippen LogP) is 3.62. The highest BCUT2D eigenvalue weighted by atomic mass is 19.4. The van der Waals surface area contributed by atoms with Crippen LogP contribution in [0.4, 0.5) is 29.1 Å². The average Bonchev–Trinajstić information content (AvgIpc) is 2.86. The number of hydrogen-bond donors (Lipinski definition) is 2. The first-order valence-electron chi connectivity index (χ1n) is 11.6. The van der Waals surface area contributed by atoms with Gasteiger partial charge in [0, 0.05) is 55.3 Å². The highest BCUT2D eigenvalue weighted by molar-refractivity contribution is 6.05. The fourth-order valence-electron chi connectivity index (χ4n) is 3.80. The number of alkyl halides is 3. The number of benzene rings is 1. The lowest BCUT2D eigenvalue weighted by molar-refractivity contribution is -0.274. The Kier molecular flexibility index (Phi) is 8.17. The second-order valence-electron chi connectivity index (χ2n) is 8.61. The van der Waals surface area contributed by atoms with E-state index in [0.717, 1.165) is 31.3 Å². The van der Waals surface area contributed by atoms with E-state index in [2.05, 4.69) is 30.2 Å².